The topological polar surface area (TPSA) is 106 Å². The van der Waals surface area contributed by atoms with Crippen molar-refractivity contribution in [3.63, 3.8) is 0 Å². The fourth-order valence-electron chi connectivity index (χ4n) is 4.06. The number of nitrogens with zero attached hydrogens (tertiary/aromatic N) is 1. The van der Waals surface area contributed by atoms with Crippen LogP contribution in [-0.4, -0.2) is 43.2 Å². The molecule has 3 aromatic carbocycles. The first-order chi connectivity index (χ1) is 16.8. The predicted molar refractivity (Wildman–Crippen MR) is 130 cm³/mol. The summed E-state index contributed by atoms with van der Waals surface area (Å²) in [5.74, 6) is -1.22. The smallest absolute Gasteiger partial charge is 0.300 e. The molecule has 1 heterocycles. The Balaban J connectivity index is 1.99. The molecule has 1 unspecified atom stereocenters. The number of aliphatic hydroxyl groups excluding tert-OH is 1. The number of amides is 1. The summed E-state index contributed by atoms with van der Waals surface area (Å²) in [6, 6.07) is 14.4. The molecule has 1 saturated heterocycles. The van der Waals surface area contributed by atoms with Gasteiger partial charge in [-0.2, -0.15) is 0 Å². The number of phenols is 1. The number of ether oxygens (including phenoxy) is 3. The van der Waals surface area contributed by atoms with Gasteiger partial charge in [0.1, 0.15) is 28.8 Å². The third-order valence-corrected chi connectivity index (χ3v) is 6.00. The van der Waals surface area contributed by atoms with E-state index in [1.165, 1.54) is 50.5 Å². The van der Waals surface area contributed by atoms with Crippen molar-refractivity contribution in [1.82, 2.24) is 0 Å². The second-order valence-electron chi connectivity index (χ2n) is 7.65. The molecule has 0 saturated carbocycles. The molecule has 1 aliphatic rings. The normalized spacial score (nSPS) is 16.9. The number of Topliss-reactive ketones (excluding diaryl/α,β-unsaturated/α-hetero) is 1. The van der Waals surface area contributed by atoms with Gasteiger partial charge in [0.2, 0.25) is 0 Å². The molecule has 180 valence electrons. The van der Waals surface area contributed by atoms with Crippen molar-refractivity contribution in [2.45, 2.75) is 6.04 Å². The molecule has 0 spiro atoms. The van der Waals surface area contributed by atoms with Crippen molar-refractivity contribution >= 4 is 34.7 Å². The Bertz CT molecular complexity index is 1350. The minimum Gasteiger partial charge on any atom is -0.508 e. The van der Waals surface area contributed by atoms with Gasteiger partial charge in [0.05, 0.1) is 43.5 Å². The Hall–Kier alpha value is -4.17. The number of hydrogen-bond donors (Lipinski definition) is 2. The first-order valence-electron chi connectivity index (χ1n) is 10.5. The van der Waals surface area contributed by atoms with E-state index in [2.05, 4.69) is 0 Å². The molecule has 8 nitrogen and oxygen atoms in total. The second-order valence-corrected chi connectivity index (χ2v) is 8.06. The van der Waals surface area contributed by atoms with Crippen molar-refractivity contribution in [1.29, 1.82) is 0 Å². The number of hydrogen-bond acceptors (Lipinski definition) is 7. The zero-order valence-electron chi connectivity index (χ0n) is 19.1. The molecule has 1 aliphatic heterocycles. The molecule has 1 fully saturated rings. The average Bonchev–Trinajstić information content (AvgIpc) is 3.13. The molecule has 35 heavy (non-hydrogen) atoms. The standard InChI is InChI=1S/C26H22ClNO7/c1-33-17-8-10-20(34-2)18(13-17)24(30)22-23(14-5-4-6-16(29)11-14)28(26(32)25(22)31)15-7-9-21(35-3)19(27)12-15/h4-13,23,29-30H,1-3H3/b24-22+. The van der Waals surface area contributed by atoms with Crippen molar-refractivity contribution in [2.75, 3.05) is 26.2 Å². The number of ketones is 1. The number of carbonyl (C=O) groups excluding carboxylic acids is 2. The van der Waals surface area contributed by atoms with Crippen LogP contribution in [0.1, 0.15) is 17.2 Å². The molecule has 3 aromatic rings. The summed E-state index contributed by atoms with van der Waals surface area (Å²) < 4.78 is 15.8. The molecule has 2 N–H and O–H groups in total. The Morgan fingerprint density at radius 1 is 0.914 bits per heavy atom. The van der Waals surface area contributed by atoms with E-state index in [9.17, 15) is 19.8 Å². The molecule has 0 aliphatic carbocycles. The number of benzene rings is 3. The monoisotopic (exact) mass is 495 g/mol. The number of carbonyl (C=O) groups is 2. The first-order valence-corrected chi connectivity index (χ1v) is 10.8. The summed E-state index contributed by atoms with van der Waals surface area (Å²) in [4.78, 5) is 27.9. The van der Waals surface area contributed by atoms with Crippen LogP contribution in [0.5, 0.6) is 23.0 Å². The van der Waals surface area contributed by atoms with Crippen LogP contribution in [0.25, 0.3) is 5.76 Å². The quantitative estimate of drug-likeness (QED) is 0.290. The molecule has 1 atom stereocenters. The lowest BCUT2D eigenvalue weighted by Gasteiger charge is -2.26. The summed E-state index contributed by atoms with van der Waals surface area (Å²) >= 11 is 6.30. The molecule has 0 radical (unpaired) electrons. The van der Waals surface area contributed by atoms with Crippen LogP contribution in [0, 0.1) is 0 Å². The fourth-order valence-corrected chi connectivity index (χ4v) is 4.31. The van der Waals surface area contributed by atoms with E-state index in [4.69, 9.17) is 25.8 Å². The number of aliphatic hydroxyl groups is 1. The number of rotatable bonds is 6. The maximum absolute atomic E-state index is 13.3. The van der Waals surface area contributed by atoms with Crippen molar-refractivity contribution in [3.8, 4) is 23.0 Å². The maximum Gasteiger partial charge on any atom is 0.300 e. The average molecular weight is 496 g/mol. The van der Waals surface area contributed by atoms with Gasteiger partial charge in [0, 0.05) is 5.69 Å². The molecule has 9 heteroatoms. The maximum atomic E-state index is 13.3. The SMILES string of the molecule is COc1ccc(OC)c(/C(O)=C2\C(=O)C(=O)N(c3ccc(OC)c(Cl)c3)C2c2cccc(O)c2)c1. The van der Waals surface area contributed by atoms with E-state index < -0.39 is 23.5 Å². The van der Waals surface area contributed by atoms with Gasteiger partial charge >= 0.3 is 0 Å². The highest BCUT2D eigenvalue weighted by Gasteiger charge is 2.47. The van der Waals surface area contributed by atoms with Crippen molar-refractivity contribution < 1.29 is 34.0 Å². The zero-order valence-corrected chi connectivity index (χ0v) is 19.9. The Kier molecular flexibility index (Phi) is 6.57. The van der Waals surface area contributed by atoms with Gasteiger partial charge in [-0.05, 0) is 54.1 Å². The summed E-state index contributed by atoms with van der Waals surface area (Å²) in [6.07, 6.45) is 0. The van der Waals surface area contributed by atoms with E-state index in [1.807, 2.05) is 0 Å². The summed E-state index contributed by atoms with van der Waals surface area (Å²) in [6.45, 7) is 0. The highest BCUT2D eigenvalue weighted by Crippen LogP contribution is 2.45. The minimum atomic E-state index is -1.07. The van der Waals surface area contributed by atoms with E-state index in [0.717, 1.165) is 0 Å². The van der Waals surface area contributed by atoms with Gasteiger partial charge in [0.15, 0.2) is 0 Å². The van der Waals surface area contributed by atoms with Crippen molar-refractivity contribution in [3.05, 3.63) is 82.4 Å². The second kappa shape index (κ2) is 9.60. The number of phenolic OH excluding ortho intramolecular Hbond substituents is 1. The van der Waals surface area contributed by atoms with Gasteiger partial charge in [-0.3, -0.25) is 14.5 Å². The van der Waals surface area contributed by atoms with Gasteiger partial charge < -0.3 is 24.4 Å². The van der Waals surface area contributed by atoms with E-state index >= 15 is 0 Å². The first kappa shape index (κ1) is 24.0. The largest absolute Gasteiger partial charge is 0.508 e. The Morgan fingerprint density at radius 2 is 1.63 bits per heavy atom. The van der Waals surface area contributed by atoms with Gasteiger partial charge in [-0.15, -0.1) is 0 Å². The predicted octanol–water partition coefficient (Wildman–Crippen LogP) is 4.70. The van der Waals surface area contributed by atoms with Crippen LogP contribution in [-0.2, 0) is 9.59 Å². The van der Waals surface area contributed by atoms with Crippen LogP contribution in [0.4, 0.5) is 5.69 Å². The van der Waals surface area contributed by atoms with E-state index in [-0.39, 0.29) is 27.7 Å². The van der Waals surface area contributed by atoms with Crippen molar-refractivity contribution in [2.24, 2.45) is 0 Å². The van der Waals surface area contributed by atoms with Crippen LogP contribution in [0.15, 0.2) is 66.2 Å². The number of methoxy groups -OCH3 is 3. The highest BCUT2D eigenvalue weighted by molar-refractivity contribution is 6.52. The lowest BCUT2D eigenvalue weighted by atomic mass is 9.94. The van der Waals surface area contributed by atoms with Crippen LogP contribution >= 0.6 is 11.6 Å². The minimum absolute atomic E-state index is 0.0696. The Labute approximate surface area is 206 Å². The molecular formula is C26H22ClNO7. The highest BCUT2D eigenvalue weighted by atomic mass is 35.5. The summed E-state index contributed by atoms with van der Waals surface area (Å²) in [7, 11) is 4.34. The van der Waals surface area contributed by atoms with E-state index in [0.29, 0.717) is 22.7 Å². The lowest BCUT2D eigenvalue weighted by molar-refractivity contribution is -0.132. The Morgan fingerprint density at radius 3 is 2.26 bits per heavy atom. The third kappa shape index (κ3) is 4.24. The van der Waals surface area contributed by atoms with Crippen LogP contribution < -0.4 is 19.1 Å². The molecule has 0 aromatic heterocycles. The number of anilines is 1. The number of halogens is 1. The van der Waals surface area contributed by atoms with Crippen LogP contribution in [0.2, 0.25) is 5.02 Å². The van der Waals surface area contributed by atoms with Gasteiger partial charge in [-0.25, -0.2) is 0 Å². The fraction of sp³-hybridized carbons (Fsp3) is 0.154. The molecule has 0 bridgehead atoms. The van der Waals surface area contributed by atoms with Crippen LogP contribution in [0.3, 0.4) is 0 Å². The third-order valence-electron chi connectivity index (χ3n) is 5.71. The van der Waals surface area contributed by atoms with Gasteiger partial charge in [0.25, 0.3) is 11.7 Å². The lowest BCUT2D eigenvalue weighted by Crippen LogP contribution is -2.29. The van der Waals surface area contributed by atoms with Gasteiger partial charge in [-0.1, -0.05) is 23.7 Å². The molecular weight excluding hydrogens is 474 g/mol. The molecule has 1 amide bonds. The van der Waals surface area contributed by atoms with E-state index in [1.54, 1.807) is 36.4 Å². The summed E-state index contributed by atoms with van der Waals surface area (Å²) in [5.41, 5.74) is 0.698. The zero-order chi connectivity index (χ0) is 25.3. The summed E-state index contributed by atoms with van der Waals surface area (Å²) in [5, 5.41) is 21.7. The number of aromatic hydroxyl groups is 1. The molecule has 4 rings (SSSR count).